The third-order valence-corrected chi connectivity index (χ3v) is 4.82. The minimum absolute atomic E-state index is 0.371. The highest BCUT2D eigenvalue weighted by molar-refractivity contribution is 8.14. The fourth-order valence-electron chi connectivity index (χ4n) is 1.95. The monoisotopic (exact) mass is 192 g/mol. The zero-order valence-electron chi connectivity index (χ0n) is 7.91. The van der Waals surface area contributed by atoms with Gasteiger partial charge >= 0.3 is 0 Å². The Hall–Kier alpha value is -0.560. The molecule has 1 heterocycles. The zero-order chi connectivity index (χ0) is 9.10. The van der Waals surface area contributed by atoms with Crippen LogP contribution in [0.4, 0.5) is 0 Å². The third-order valence-electron chi connectivity index (χ3n) is 2.70. The van der Waals surface area contributed by atoms with Gasteiger partial charge < -0.3 is 0 Å². The normalized spacial score (nSPS) is 28.6. The summed E-state index contributed by atoms with van der Waals surface area (Å²) in [4.78, 5) is 0. The molecule has 1 saturated heterocycles. The Labute approximate surface area is 82.9 Å². The van der Waals surface area contributed by atoms with Crippen LogP contribution >= 0.6 is 10.5 Å². The van der Waals surface area contributed by atoms with Crippen LogP contribution in [0.2, 0.25) is 0 Å². The van der Waals surface area contributed by atoms with Gasteiger partial charge in [0.15, 0.2) is 0 Å². The molecular formula is C12H16S. The molecule has 1 aliphatic rings. The molecule has 0 aliphatic carbocycles. The summed E-state index contributed by atoms with van der Waals surface area (Å²) in [6.07, 6.45) is 4.12. The van der Waals surface area contributed by atoms with E-state index in [0.29, 0.717) is 10.5 Å². The van der Waals surface area contributed by atoms with Crippen LogP contribution in [0, 0.1) is 0 Å². The molecule has 0 radical (unpaired) electrons. The minimum atomic E-state index is 0.371. The van der Waals surface area contributed by atoms with E-state index in [4.69, 9.17) is 0 Å². The molecule has 1 aromatic rings. The van der Waals surface area contributed by atoms with Crippen LogP contribution in [-0.2, 0) is 0 Å². The van der Waals surface area contributed by atoms with E-state index in [0.717, 1.165) is 5.25 Å². The molecule has 2 atom stereocenters. The number of hydrogen-bond donors (Lipinski definition) is 0. The highest BCUT2D eigenvalue weighted by Crippen LogP contribution is 2.42. The Balaban J connectivity index is 2.20. The van der Waals surface area contributed by atoms with E-state index in [-0.39, 0.29) is 0 Å². The third kappa shape index (κ3) is 2.02. The summed E-state index contributed by atoms with van der Waals surface area (Å²) in [6, 6.07) is 10.9. The highest BCUT2D eigenvalue weighted by atomic mass is 32.2. The number of rotatable bonds is 1. The molecule has 13 heavy (non-hydrogen) atoms. The maximum Gasteiger partial charge on any atom is 0.0242 e. The summed E-state index contributed by atoms with van der Waals surface area (Å²) in [6.45, 7) is 0. The lowest BCUT2D eigenvalue weighted by molar-refractivity contribution is 0.685. The van der Waals surface area contributed by atoms with E-state index in [2.05, 4.69) is 36.2 Å². The van der Waals surface area contributed by atoms with Crippen LogP contribution in [0.5, 0.6) is 0 Å². The lowest BCUT2D eigenvalue weighted by atomic mass is 10.1. The molecule has 0 nitrogen and oxygen atoms in total. The molecule has 70 valence electrons. The van der Waals surface area contributed by atoms with Crippen molar-refractivity contribution in [3.8, 4) is 0 Å². The summed E-state index contributed by atoms with van der Waals surface area (Å²) in [5.41, 5.74) is 1.50. The summed E-state index contributed by atoms with van der Waals surface area (Å²) < 4.78 is 0. The van der Waals surface area contributed by atoms with Crippen molar-refractivity contribution >= 4 is 16.4 Å². The predicted octanol–water partition coefficient (Wildman–Crippen LogP) is 3.61. The van der Waals surface area contributed by atoms with Gasteiger partial charge in [-0.3, -0.25) is 0 Å². The second kappa shape index (κ2) is 4.10. The molecule has 0 saturated carbocycles. The predicted molar refractivity (Wildman–Crippen MR) is 62.6 cm³/mol. The van der Waals surface area contributed by atoms with Gasteiger partial charge in [0.1, 0.15) is 0 Å². The van der Waals surface area contributed by atoms with E-state index in [1.165, 1.54) is 30.6 Å². The largest absolute Gasteiger partial charge is 0.185 e. The molecule has 0 N–H and O–H groups in total. The number of hydrogen-bond acceptors (Lipinski definition) is 0. The van der Waals surface area contributed by atoms with Crippen molar-refractivity contribution in [3.05, 3.63) is 35.9 Å². The maximum absolute atomic E-state index is 4.28. The first-order chi connectivity index (χ1) is 6.38. The Morgan fingerprint density at radius 2 is 1.92 bits per heavy atom. The van der Waals surface area contributed by atoms with Gasteiger partial charge in [-0.25, -0.2) is 0 Å². The molecule has 0 aromatic heterocycles. The Kier molecular flexibility index (Phi) is 2.84. The van der Waals surface area contributed by atoms with Gasteiger partial charge in [-0.1, -0.05) is 42.6 Å². The lowest BCUT2D eigenvalue weighted by Gasteiger charge is -2.25. The SMILES string of the molecule is C=S1CCCCC1c1ccccc1. The van der Waals surface area contributed by atoms with Crippen LogP contribution in [-0.4, -0.2) is 11.6 Å². The number of benzene rings is 1. The highest BCUT2D eigenvalue weighted by Gasteiger charge is 2.17. The Morgan fingerprint density at radius 3 is 2.62 bits per heavy atom. The average Bonchev–Trinajstić information content (AvgIpc) is 2.20. The van der Waals surface area contributed by atoms with Crippen LogP contribution in [0.3, 0.4) is 0 Å². The van der Waals surface area contributed by atoms with Crippen molar-refractivity contribution < 1.29 is 0 Å². The van der Waals surface area contributed by atoms with Crippen molar-refractivity contribution in [2.75, 3.05) is 5.75 Å². The fraction of sp³-hybridized carbons (Fsp3) is 0.417. The van der Waals surface area contributed by atoms with E-state index in [9.17, 15) is 0 Å². The van der Waals surface area contributed by atoms with Crippen LogP contribution < -0.4 is 0 Å². The summed E-state index contributed by atoms with van der Waals surface area (Å²) >= 11 is 0. The first-order valence-corrected chi connectivity index (χ1v) is 6.55. The second-order valence-electron chi connectivity index (χ2n) is 3.64. The van der Waals surface area contributed by atoms with Gasteiger partial charge in [0.05, 0.1) is 0 Å². The molecule has 1 fully saturated rings. The molecule has 2 unspecified atom stereocenters. The molecule has 0 spiro atoms. The molecular weight excluding hydrogens is 176 g/mol. The van der Waals surface area contributed by atoms with Crippen LogP contribution in [0.25, 0.3) is 0 Å². The van der Waals surface area contributed by atoms with Gasteiger partial charge in [-0.2, -0.15) is 10.5 Å². The smallest absolute Gasteiger partial charge is 0.0242 e. The second-order valence-corrected chi connectivity index (χ2v) is 5.69. The van der Waals surface area contributed by atoms with E-state index in [1.807, 2.05) is 0 Å². The molecule has 1 heteroatoms. The quantitative estimate of drug-likeness (QED) is 0.596. The first kappa shape index (κ1) is 9.01. The van der Waals surface area contributed by atoms with Gasteiger partial charge in [0, 0.05) is 5.25 Å². The lowest BCUT2D eigenvalue weighted by Crippen LogP contribution is -2.04. The van der Waals surface area contributed by atoms with Gasteiger partial charge in [0.2, 0.25) is 0 Å². The summed E-state index contributed by atoms with van der Waals surface area (Å²) in [5, 5.41) is 0.745. The summed E-state index contributed by atoms with van der Waals surface area (Å²) in [7, 11) is 0.371. The first-order valence-electron chi connectivity index (χ1n) is 4.92. The molecule has 0 amide bonds. The Morgan fingerprint density at radius 1 is 1.15 bits per heavy atom. The van der Waals surface area contributed by atoms with Crippen molar-refractivity contribution in [1.82, 2.24) is 0 Å². The minimum Gasteiger partial charge on any atom is -0.185 e. The van der Waals surface area contributed by atoms with Crippen LogP contribution in [0.1, 0.15) is 30.1 Å². The molecule has 1 aromatic carbocycles. The average molecular weight is 192 g/mol. The van der Waals surface area contributed by atoms with Crippen molar-refractivity contribution in [2.45, 2.75) is 24.5 Å². The molecule has 1 aliphatic heterocycles. The van der Waals surface area contributed by atoms with Crippen molar-refractivity contribution in [2.24, 2.45) is 0 Å². The maximum atomic E-state index is 4.28. The van der Waals surface area contributed by atoms with E-state index < -0.39 is 0 Å². The van der Waals surface area contributed by atoms with E-state index >= 15 is 0 Å². The van der Waals surface area contributed by atoms with Crippen molar-refractivity contribution in [3.63, 3.8) is 0 Å². The van der Waals surface area contributed by atoms with Gasteiger partial charge in [-0.05, 0) is 24.2 Å². The topological polar surface area (TPSA) is 0 Å². The Bertz CT molecular complexity index is 289. The molecule has 0 bridgehead atoms. The van der Waals surface area contributed by atoms with Gasteiger partial charge in [0.25, 0.3) is 0 Å². The van der Waals surface area contributed by atoms with E-state index in [1.54, 1.807) is 0 Å². The summed E-state index contributed by atoms with van der Waals surface area (Å²) in [5.74, 6) is 5.62. The zero-order valence-corrected chi connectivity index (χ0v) is 8.72. The molecule has 2 rings (SSSR count). The van der Waals surface area contributed by atoms with Crippen LogP contribution in [0.15, 0.2) is 30.3 Å². The fourth-order valence-corrected chi connectivity index (χ4v) is 3.85. The standard InChI is InChI=1S/C12H16S/c1-13-10-6-5-9-12(13)11-7-3-2-4-8-11/h2-4,7-8,12H,1,5-6,9-10H2. The van der Waals surface area contributed by atoms with Crippen molar-refractivity contribution in [1.29, 1.82) is 0 Å². The van der Waals surface area contributed by atoms with Gasteiger partial charge in [-0.15, -0.1) is 0 Å².